The van der Waals surface area contributed by atoms with Gasteiger partial charge in [0.15, 0.2) is 0 Å². The molecule has 0 aliphatic heterocycles. The Labute approximate surface area is 74.0 Å². The van der Waals surface area contributed by atoms with Crippen molar-refractivity contribution in [2.45, 2.75) is 12.8 Å². The van der Waals surface area contributed by atoms with Gasteiger partial charge < -0.3 is 10.2 Å². The van der Waals surface area contributed by atoms with E-state index in [1.165, 1.54) is 0 Å². The largest absolute Gasteiger partial charge is 0.481 e. The van der Waals surface area contributed by atoms with Gasteiger partial charge in [-0.2, -0.15) is 0 Å². The molecule has 66 valence electrons. The molecule has 0 fully saturated rings. The standard InChI is InChI=1S/C6H12O3S2/c7-3-1-4-10-11-5-2-6(8)9/h7H,1-5H2,(H,8,9). The van der Waals surface area contributed by atoms with Gasteiger partial charge in [-0.3, -0.25) is 4.79 Å². The summed E-state index contributed by atoms with van der Waals surface area (Å²) in [5.74, 6) is 0.784. The van der Waals surface area contributed by atoms with Crippen LogP contribution in [0.2, 0.25) is 0 Å². The average Bonchev–Trinajstić information content (AvgIpc) is 1.96. The molecule has 0 amide bonds. The van der Waals surface area contributed by atoms with Crippen LogP contribution in [0.3, 0.4) is 0 Å². The molecule has 0 bridgehead atoms. The van der Waals surface area contributed by atoms with Gasteiger partial charge in [-0.05, 0) is 6.42 Å². The summed E-state index contributed by atoms with van der Waals surface area (Å²) in [6, 6.07) is 0. The number of aliphatic hydroxyl groups excluding tert-OH is 1. The zero-order valence-corrected chi connectivity index (χ0v) is 7.79. The molecule has 0 atom stereocenters. The van der Waals surface area contributed by atoms with E-state index in [-0.39, 0.29) is 13.0 Å². The van der Waals surface area contributed by atoms with E-state index in [0.717, 1.165) is 12.2 Å². The number of aliphatic carboxylic acids is 1. The highest BCUT2D eigenvalue weighted by atomic mass is 33.1. The fourth-order valence-electron chi connectivity index (χ4n) is 0.370. The van der Waals surface area contributed by atoms with Crippen molar-refractivity contribution in [1.29, 1.82) is 0 Å². The summed E-state index contributed by atoms with van der Waals surface area (Å²) in [6.07, 6.45) is 1.00. The van der Waals surface area contributed by atoms with Gasteiger partial charge in [0.1, 0.15) is 0 Å². The van der Waals surface area contributed by atoms with Crippen molar-refractivity contribution in [3.63, 3.8) is 0 Å². The Bertz CT molecular complexity index is 108. The van der Waals surface area contributed by atoms with E-state index in [1.54, 1.807) is 21.6 Å². The van der Waals surface area contributed by atoms with E-state index in [0.29, 0.717) is 5.75 Å². The summed E-state index contributed by atoms with van der Waals surface area (Å²) in [6.45, 7) is 0.215. The summed E-state index contributed by atoms with van der Waals surface area (Å²) in [5.41, 5.74) is 0. The Kier molecular flexibility index (Phi) is 8.33. The van der Waals surface area contributed by atoms with Crippen LogP contribution in [-0.2, 0) is 4.79 Å². The zero-order valence-electron chi connectivity index (χ0n) is 6.15. The van der Waals surface area contributed by atoms with Crippen molar-refractivity contribution < 1.29 is 15.0 Å². The third-order valence-electron chi connectivity index (χ3n) is 0.868. The third-order valence-corrected chi connectivity index (χ3v) is 3.36. The first-order valence-corrected chi connectivity index (χ1v) is 5.83. The number of rotatable bonds is 7. The van der Waals surface area contributed by atoms with Gasteiger partial charge >= 0.3 is 5.97 Å². The highest BCUT2D eigenvalue weighted by Crippen LogP contribution is 2.22. The first-order chi connectivity index (χ1) is 5.27. The molecule has 0 aliphatic carbocycles. The van der Waals surface area contributed by atoms with Crippen LogP contribution in [0, 0.1) is 0 Å². The summed E-state index contributed by atoms with van der Waals surface area (Å²) in [4.78, 5) is 10.0. The average molecular weight is 196 g/mol. The Balaban J connectivity index is 2.85. The fourth-order valence-corrected chi connectivity index (χ4v) is 2.42. The number of carbonyl (C=O) groups is 1. The van der Waals surface area contributed by atoms with Crippen molar-refractivity contribution in [1.82, 2.24) is 0 Å². The molecular weight excluding hydrogens is 184 g/mol. The number of aliphatic hydroxyl groups is 1. The Morgan fingerprint density at radius 2 is 1.91 bits per heavy atom. The molecule has 0 spiro atoms. The molecule has 0 aromatic heterocycles. The summed E-state index contributed by atoms with van der Waals surface area (Å²) < 4.78 is 0. The van der Waals surface area contributed by atoms with E-state index in [2.05, 4.69) is 0 Å². The monoisotopic (exact) mass is 196 g/mol. The maximum atomic E-state index is 10.0. The molecule has 0 saturated carbocycles. The predicted octanol–water partition coefficient (Wildman–Crippen LogP) is 1.22. The topological polar surface area (TPSA) is 57.5 Å². The van der Waals surface area contributed by atoms with Crippen LogP contribution in [-0.4, -0.2) is 34.3 Å². The van der Waals surface area contributed by atoms with Crippen molar-refractivity contribution in [3.8, 4) is 0 Å². The lowest BCUT2D eigenvalue weighted by atomic mass is 10.5. The van der Waals surface area contributed by atoms with E-state index in [4.69, 9.17) is 10.2 Å². The number of hydrogen-bond donors (Lipinski definition) is 2. The molecule has 5 heteroatoms. The summed E-state index contributed by atoms with van der Waals surface area (Å²) in [7, 11) is 3.16. The van der Waals surface area contributed by atoms with Crippen LogP contribution >= 0.6 is 21.6 Å². The maximum Gasteiger partial charge on any atom is 0.304 e. The molecule has 0 aromatic rings. The molecule has 0 aliphatic rings. The zero-order chi connectivity index (χ0) is 8.53. The quantitative estimate of drug-likeness (QED) is 0.473. The van der Waals surface area contributed by atoms with Crippen LogP contribution in [0.5, 0.6) is 0 Å². The molecule has 0 heterocycles. The third kappa shape index (κ3) is 10.1. The second kappa shape index (κ2) is 8.23. The second-order valence-corrected chi connectivity index (χ2v) is 4.57. The molecule has 0 radical (unpaired) electrons. The fraction of sp³-hybridized carbons (Fsp3) is 0.833. The van der Waals surface area contributed by atoms with Gasteiger partial charge in [-0.1, -0.05) is 21.6 Å². The van der Waals surface area contributed by atoms with E-state index < -0.39 is 5.97 Å². The number of carboxylic acids is 1. The Hall–Kier alpha value is 0.130. The van der Waals surface area contributed by atoms with Gasteiger partial charge in [0.2, 0.25) is 0 Å². The minimum atomic E-state index is -0.750. The minimum Gasteiger partial charge on any atom is -0.481 e. The molecule has 0 saturated heterocycles. The number of carboxylic acid groups (broad SMARTS) is 1. The minimum absolute atomic E-state index is 0.215. The molecule has 0 rings (SSSR count). The van der Waals surface area contributed by atoms with E-state index >= 15 is 0 Å². The highest BCUT2D eigenvalue weighted by molar-refractivity contribution is 8.76. The molecular formula is C6H12O3S2. The normalized spacial score (nSPS) is 9.91. The predicted molar refractivity (Wildman–Crippen MR) is 48.9 cm³/mol. The lowest BCUT2D eigenvalue weighted by Gasteiger charge is -1.96. The molecule has 0 unspecified atom stereocenters. The smallest absolute Gasteiger partial charge is 0.304 e. The van der Waals surface area contributed by atoms with Gasteiger partial charge in [0.05, 0.1) is 6.42 Å². The SMILES string of the molecule is O=C(O)CCSSCCCO. The van der Waals surface area contributed by atoms with Gasteiger partial charge in [0.25, 0.3) is 0 Å². The molecule has 2 N–H and O–H groups in total. The van der Waals surface area contributed by atoms with E-state index in [9.17, 15) is 4.79 Å². The lowest BCUT2D eigenvalue weighted by Crippen LogP contribution is -1.95. The van der Waals surface area contributed by atoms with Crippen LogP contribution in [0.15, 0.2) is 0 Å². The van der Waals surface area contributed by atoms with E-state index in [1.807, 2.05) is 0 Å². The summed E-state index contributed by atoms with van der Waals surface area (Å²) in [5, 5.41) is 16.6. The molecule has 0 aromatic carbocycles. The Morgan fingerprint density at radius 3 is 2.45 bits per heavy atom. The lowest BCUT2D eigenvalue weighted by molar-refractivity contribution is -0.136. The van der Waals surface area contributed by atoms with Crippen LogP contribution in [0.4, 0.5) is 0 Å². The van der Waals surface area contributed by atoms with Crippen LogP contribution in [0.1, 0.15) is 12.8 Å². The van der Waals surface area contributed by atoms with Crippen LogP contribution in [0.25, 0.3) is 0 Å². The van der Waals surface area contributed by atoms with Crippen molar-refractivity contribution in [3.05, 3.63) is 0 Å². The highest BCUT2D eigenvalue weighted by Gasteiger charge is 1.96. The van der Waals surface area contributed by atoms with Crippen molar-refractivity contribution in [2.24, 2.45) is 0 Å². The van der Waals surface area contributed by atoms with Crippen molar-refractivity contribution in [2.75, 3.05) is 18.1 Å². The second-order valence-electron chi connectivity index (χ2n) is 1.86. The summed E-state index contributed by atoms with van der Waals surface area (Å²) >= 11 is 0. The Morgan fingerprint density at radius 1 is 1.27 bits per heavy atom. The van der Waals surface area contributed by atoms with Gasteiger partial charge in [0, 0.05) is 18.1 Å². The van der Waals surface area contributed by atoms with Gasteiger partial charge in [-0.25, -0.2) is 0 Å². The molecule has 11 heavy (non-hydrogen) atoms. The first kappa shape index (κ1) is 11.1. The first-order valence-electron chi connectivity index (χ1n) is 3.34. The molecule has 3 nitrogen and oxygen atoms in total. The van der Waals surface area contributed by atoms with Gasteiger partial charge in [-0.15, -0.1) is 0 Å². The van der Waals surface area contributed by atoms with Crippen LogP contribution < -0.4 is 0 Å². The number of hydrogen-bond acceptors (Lipinski definition) is 4. The van der Waals surface area contributed by atoms with Crippen molar-refractivity contribution >= 4 is 27.6 Å². The maximum absolute atomic E-state index is 10.0.